The van der Waals surface area contributed by atoms with Crippen LogP contribution < -0.4 is 10.6 Å². The summed E-state index contributed by atoms with van der Waals surface area (Å²) in [5, 5.41) is 6.91. The summed E-state index contributed by atoms with van der Waals surface area (Å²) in [5.41, 5.74) is 2.81. The normalized spacial score (nSPS) is 31.1. The Bertz CT molecular complexity index is 505. The molecule has 3 nitrogen and oxygen atoms in total. The molecule has 1 aromatic rings. The molecule has 0 saturated carbocycles. The second kappa shape index (κ2) is 5.45. The smallest absolute Gasteiger partial charge is 0.220 e. The molecule has 3 heteroatoms. The summed E-state index contributed by atoms with van der Waals surface area (Å²) in [6.45, 7) is 0. The predicted molar refractivity (Wildman–Crippen MR) is 83.1 cm³/mol. The topological polar surface area (TPSA) is 41.1 Å². The van der Waals surface area contributed by atoms with Gasteiger partial charge in [-0.1, -0.05) is 24.3 Å². The molecule has 3 aliphatic rings. The highest BCUT2D eigenvalue weighted by atomic mass is 16.1. The van der Waals surface area contributed by atoms with Crippen LogP contribution in [0.4, 0.5) is 0 Å². The van der Waals surface area contributed by atoms with Crippen molar-refractivity contribution >= 4 is 5.91 Å². The maximum atomic E-state index is 12.3. The van der Waals surface area contributed by atoms with E-state index in [4.69, 9.17) is 0 Å². The number of amides is 1. The van der Waals surface area contributed by atoms with Crippen LogP contribution in [0, 0.1) is 5.92 Å². The van der Waals surface area contributed by atoms with Crippen molar-refractivity contribution in [2.75, 3.05) is 0 Å². The van der Waals surface area contributed by atoms with Crippen molar-refractivity contribution in [3.63, 3.8) is 0 Å². The first-order chi connectivity index (χ1) is 10.3. The Labute approximate surface area is 126 Å². The minimum absolute atomic E-state index is 0.263. The first-order valence-corrected chi connectivity index (χ1v) is 8.38. The minimum atomic E-state index is 0.263. The minimum Gasteiger partial charge on any atom is -0.353 e. The zero-order valence-corrected chi connectivity index (χ0v) is 12.5. The predicted octanol–water partition coefficient (Wildman–Crippen LogP) is 2.19. The summed E-state index contributed by atoms with van der Waals surface area (Å²) in [6.07, 6.45) is 7.71. The highest BCUT2D eigenvalue weighted by Crippen LogP contribution is 2.32. The fourth-order valence-electron chi connectivity index (χ4n) is 4.55. The molecular weight excluding hydrogens is 260 g/mol. The maximum Gasteiger partial charge on any atom is 0.220 e. The van der Waals surface area contributed by atoms with Crippen molar-refractivity contribution in [2.45, 2.75) is 63.1 Å². The van der Waals surface area contributed by atoms with E-state index in [9.17, 15) is 4.79 Å². The lowest BCUT2D eigenvalue weighted by Gasteiger charge is -2.29. The average Bonchev–Trinajstić information content (AvgIpc) is 3.01. The Kier molecular flexibility index (Phi) is 3.46. The summed E-state index contributed by atoms with van der Waals surface area (Å²) >= 11 is 0. The van der Waals surface area contributed by atoms with Gasteiger partial charge in [0.2, 0.25) is 5.91 Å². The summed E-state index contributed by atoms with van der Waals surface area (Å²) < 4.78 is 0. The van der Waals surface area contributed by atoms with Gasteiger partial charge in [-0.2, -0.15) is 0 Å². The zero-order chi connectivity index (χ0) is 14.2. The molecule has 2 N–H and O–H groups in total. The van der Waals surface area contributed by atoms with Crippen LogP contribution in [0.15, 0.2) is 24.3 Å². The Morgan fingerprint density at radius 1 is 1.10 bits per heavy atom. The van der Waals surface area contributed by atoms with E-state index in [1.165, 1.54) is 36.8 Å². The molecule has 2 bridgehead atoms. The van der Waals surface area contributed by atoms with E-state index in [0.29, 0.717) is 24.0 Å². The van der Waals surface area contributed by atoms with Crippen molar-refractivity contribution in [3.8, 4) is 0 Å². The SMILES string of the molecule is O=C(CC1CC2CCC(C1)N2)NC1Cc2ccccc2C1. The van der Waals surface area contributed by atoms with E-state index in [-0.39, 0.29) is 5.91 Å². The van der Waals surface area contributed by atoms with Gasteiger partial charge < -0.3 is 10.6 Å². The summed E-state index contributed by atoms with van der Waals surface area (Å²) in [7, 11) is 0. The molecule has 1 aromatic carbocycles. The quantitative estimate of drug-likeness (QED) is 0.893. The number of carbonyl (C=O) groups excluding carboxylic acids is 1. The van der Waals surface area contributed by atoms with E-state index in [1.54, 1.807) is 0 Å². The Morgan fingerprint density at radius 3 is 2.33 bits per heavy atom. The van der Waals surface area contributed by atoms with Crippen molar-refractivity contribution in [1.29, 1.82) is 0 Å². The Morgan fingerprint density at radius 2 is 1.71 bits per heavy atom. The molecule has 0 aromatic heterocycles. The highest BCUT2D eigenvalue weighted by molar-refractivity contribution is 5.76. The fraction of sp³-hybridized carbons (Fsp3) is 0.611. The summed E-state index contributed by atoms with van der Waals surface area (Å²) in [6, 6.07) is 10.2. The first-order valence-electron chi connectivity index (χ1n) is 8.38. The van der Waals surface area contributed by atoms with Crippen LogP contribution >= 0.6 is 0 Å². The third-order valence-electron chi connectivity index (χ3n) is 5.46. The maximum absolute atomic E-state index is 12.3. The molecule has 21 heavy (non-hydrogen) atoms. The van der Waals surface area contributed by atoms with Gasteiger partial charge in [-0.15, -0.1) is 0 Å². The van der Waals surface area contributed by atoms with Gasteiger partial charge >= 0.3 is 0 Å². The molecule has 0 spiro atoms. The largest absolute Gasteiger partial charge is 0.353 e. The van der Waals surface area contributed by atoms with E-state index in [0.717, 1.165) is 19.3 Å². The number of fused-ring (bicyclic) bond motifs is 3. The number of carbonyl (C=O) groups is 1. The highest BCUT2D eigenvalue weighted by Gasteiger charge is 2.34. The lowest BCUT2D eigenvalue weighted by Crippen LogP contribution is -2.41. The van der Waals surface area contributed by atoms with Crippen LogP contribution in [0.3, 0.4) is 0 Å². The van der Waals surface area contributed by atoms with Crippen molar-refractivity contribution in [3.05, 3.63) is 35.4 Å². The van der Waals surface area contributed by atoms with Crippen LogP contribution in [0.5, 0.6) is 0 Å². The molecule has 2 fully saturated rings. The summed E-state index contributed by atoms with van der Waals surface area (Å²) in [4.78, 5) is 12.3. The third kappa shape index (κ3) is 2.84. The van der Waals surface area contributed by atoms with E-state index in [2.05, 4.69) is 34.9 Å². The molecule has 2 atom stereocenters. The molecule has 4 rings (SSSR count). The number of hydrogen-bond acceptors (Lipinski definition) is 2. The van der Waals surface area contributed by atoms with Crippen LogP contribution in [-0.4, -0.2) is 24.0 Å². The lowest BCUT2D eigenvalue weighted by molar-refractivity contribution is -0.122. The monoisotopic (exact) mass is 284 g/mol. The molecule has 2 heterocycles. The van der Waals surface area contributed by atoms with Gasteiger partial charge in [0.05, 0.1) is 0 Å². The molecular formula is C18H24N2O. The molecule has 112 valence electrons. The van der Waals surface area contributed by atoms with Gasteiger partial charge in [0.15, 0.2) is 0 Å². The van der Waals surface area contributed by atoms with Gasteiger partial charge in [0.1, 0.15) is 0 Å². The van der Waals surface area contributed by atoms with Crippen molar-refractivity contribution < 1.29 is 4.79 Å². The van der Waals surface area contributed by atoms with Crippen LogP contribution in [0.1, 0.15) is 43.2 Å². The van der Waals surface area contributed by atoms with Gasteiger partial charge in [-0.05, 0) is 55.6 Å². The number of nitrogens with one attached hydrogen (secondary N) is 2. The number of benzene rings is 1. The molecule has 0 radical (unpaired) electrons. The zero-order valence-electron chi connectivity index (χ0n) is 12.5. The van der Waals surface area contributed by atoms with Crippen molar-refractivity contribution in [1.82, 2.24) is 10.6 Å². The number of rotatable bonds is 3. The van der Waals surface area contributed by atoms with Gasteiger partial charge in [0.25, 0.3) is 0 Å². The third-order valence-corrected chi connectivity index (χ3v) is 5.46. The van der Waals surface area contributed by atoms with Gasteiger partial charge in [-0.3, -0.25) is 4.79 Å². The second-order valence-corrected chi connectivity index (χ2v) is 7.12. The summed E-state index contributed by atoms with van der Waals surface area (Å²) in [5.74, 6) is 0.853. The van der Waals surface area contributed by atoms with E-state index in [1.807, 2.05) is 0 Å². The molecule has 2 saturated heterocycles. The number of piperidine rings is 1. The molecule has 1 aliphatic carbocycles. The fourth-order valence-corrected chi connectivity index (χ4v) is 4.55. The van der Waals surface area contributed by atoms with Gasteiger partial charge in [0, 0.05) is 24.5 Å². The number of hydrogen-bond donors (Lipinski definition) is 2. The molecule has 2 aliphatic heterocycles. The molecule has 1 amide bonds. The second-order valence-electron chi connectivity index (χ2n) is 7.12. The average molecular weight is 284 g/mol. The van der Waals surface area contributed by atoms with Crippen molar-refractivity contribution in [2.24, 2.45) is 5.92 Å². The first kappa shape index (κ1) is 13.3. The Balaban J connectivity index is 1.29. The van der Waals surface area contributed by atoms with E-state index < -0.39 is 0 Å². The van der Waals surface area contributed by atoms with Gasteiger partial charge in [-0.25, -0.2) is 0 Å². The lowest BCUT2D eigenvalue weighted by atomic mass is 9.89. The van der Waals surface area contributed by atoms with Crippen LogP contribution in [0.2, 0.25) is 0 Å². The standard InChI is InChI=1S/C18H24N2O/c21-18(9-12-7-15-5-6-16(8-12)19-15)20-17-10-13-3-1-2-4-14(13)11-17/h1-4,12,15-17,19H,5-11H2,(H,20,21). The van der Waals surface area contributed by atoms with E-state index >= 15 is 0 Å². The Hall–Kier alpha value is -1.35. The van der Waals surface area contributed by atoms with Crippen LogP contribution in [-0.2, 0) is 17.6 Å². The molecule has 2 unspecified atom stereocenters. The van der Waals surface area contributed by atoms with Crippen LogP contribution in [0.25, 0.3) is 0 Å².